The van der Waals surface area contributed by atoms with Gasteiger partial charge in [-0.2, -0.15) is 4.52 Å². The number of rotatable bonds is 5. The molecule has 3 aromatic heterocycles. The quantitative estimate of drug-likeness (QED) is 0.647. The first-order valence-electron chi connectivity index (χ1n) is 9.40. The summed E-state index contributed by atoms with van der Waals surface area (Å²) < 4.78 is 38.7. The van der Waals surface area contributed by atoms with E-state index in [1.54, 1.807) is 19.4 Å². The van der Waals surface area contributed by atoms with Gasteiger partial charge >= 0.3 is 0 Å². The molecule has 0 radical (unpaired) electrons. The molecule has 0 atom stereocenters. The Morgan fingerprint density at radius 3 is 2.48 bits per heavy atom. The van der Waals surface area contributed by atoms with E-state index in [0.717, 1.165) is 28.5 Å². The second kappa shape index (κ2) is 7.76. The van der Waals surface area contributed by atoms with Gasteiger partial charge in [-0.1, -0.05) is 0 Å². The topological polar surface area (TPSA) is 77.7 Å². The fourth-order valence-electron chi connectivity index (χ4n) is 3.50. The Balaban J connectivity index is 1.49. The van der Waals surface area contributed by atoms with Crippen LogP contribution in [0.3, 0.4) is 0 Å². The Labute approximate surface area is 166 Å². The van der Waals surface area contributed by atoms with Gasteiger partial charge in [0, 0.05) is 43.1 Å². The first kappa shape index (κ1) is 19.3. The molecule has 0 amide bonds. The van der Waals surface area contributed by atoms with E-state index in [1.807, 2.05) is 19.9 Å². The van der Waals surface area contributed by atoms with E-state index in [9.17, 15) is 8.78 Å². The van der Waals surface area contributed by atoms with Crippen LogP contribution in [0.5, 0.6) is 11.6 Å². The molecule has 1 aliphatic heterocycles. The average Bonchev–Trinajstić information content (AvgIpc) is 3.16. The molecule has 154 valence electrons. The number of pyridine rings is 1. The van der Waals surface area contributed by atoms with Crippen molar-refractivity contribution in [3.63, 3.8) is 0 Å². The molecule has 4 heterocycles. The van der Waals surface area contributed by atoms with Crippen molar-refractivity contribution in [3.05, 3.63) is 35.3 Å². The van der Waals surface area contributed by atoms with Gasteiger partial charge in [0.25, 0.3) is 6.43 Å². The lowest BCUT2D eigenvalue weighted by Crippen LogP contribution is -2.39. The Hall–Kier alpha value is -3.04. The third-order valence-corrected chi connectivity index (χ3v) is 5.25. The third kappa shape index (κ3) is 3.66. The SMILES string of the molecule is COc1ccc(OC2CCN(c3nn4c(C(F)F)nnc4c(C)c3C)CC2)cn1. The van der Waals surface area contributed by atoms with Crippen molar-refractivity contribution in [1.82, 2.24) is 24.8 Å². The molecule has 0 aliphatic carbocycles. The Morgan fingerprint density at radius 2 is 1.86 bits per heavy atom. The zero-order chi connectivity index (χ0) is 20.5. The zero-order valence-corrected chi connectivity index (χ0v) is 16.5. The molecule has 3 aromatic rings. The number of hydrogen-bond acceptors (Lipinski definition) is 7. The van der Waals surface area contributed by atoms with Gasteiger partial charge in [-0.25, -0.2) is 13.8 Å². The lowest BCUT2D eigenvalue weighted by molar-refractivity contribution is 0.137. The number of halogens is 2. The highest BCUT2D eigenvalue weighted by molar-refractivity contribution is 5.59. The summed E-state index contributed by atoms with van der Waals surface area (Å²) in [4.78, 5) is 6.25. The van der Waals surface area contributed by atoms with Crippen LogP contribution < -0.4 is 14.4 Å². The van der Waals surface area contributed by atoms with E-state index in [0.29, 0.717) is 36.2 Å². The van der Waals surface area contributed by atoms with Crippen LogP contribution in [0.1, 0.15) is 36.2 Å². The molecule has 0 bridgehead atoms. The number of fused-ring (bicyclic) bond motifs is 1. The number of anilines is 1. The molecule has 10 heteroatoms. The van der Waals surface area contributed by atoms with Crippen molar-refractivity contribution in [2.24, 2.45) is 0 Å². The predicted molar refractivity (Wildman–Crippen MR) is 102 cm³/mol. The van der Waals surface area contributed by atoms with Crippen molar-refractivity contribution >= 4 is 11.5 Å². The molecule has 0 saturated carbocycles. The average molecular weight is 404 g/mol. The van der Waals surface area contributed by atoms with Crippen LogP contribution in [-0.4, -0.2) is 51.1 Å². The predicted octanol–water partition coefficient (Wildman–Crippen LogP) is 3.13. The maximum absolute atomic E-state index is 13.2. The lowest BCUT2D eigenvalue weighted by atomic mass is 10.1. The van der Waals surface area contributed by atoms with Crippen LogP contribution in [0.2, 0.25) is 0 Å². The number of ether oxygens (including phenoxy) is 2. The molecule has 1 fully saturated rings. The highest BCUT2D eigenvalue weighted by Crippen LogP contribution is 2.28. The number of methoxy groups -OCH3 is 1. The van der Waals surface area contributed by atoms with Crippen molar-refractivity contribution < 1.29 is 18.3 Å². The smallest absolute Gasteiger partial charge is 0.299 e. The summed E-state index contributed by atoms with van der Waals surface area (Å²) in [6.07, 6.45) is 0.539. The minimum absolute atomic E-state index is 0.0538. The Kier molecular flexibility index (Phi) is 5.16. The van der Waals surface area contributed by atoms with E-state index in [1.165, 1.54) is 0 Å². The van der Waals surface area contributed by atoms with Crippen LogP contribution in [0, 0.1) is 13.8 Å². The molecule has 1 saturated heterocycles. The first-order chi connectivity index (χ1) is 14.0. The van der Waals surface area contributed by atoms with Crippen LogP contribution in [0.15, 0.2) is 18.3 Å². The summed E-state index contributed by atoms with van der Waals surface area (Å²) in [7, 11) is 1.57. The van der Waals surface area contributed by atoms with Gasteiger partial charge in [0.2, 0.25) is 11.7 Å². The van der Waals surface area contributed by atoms with E-state index in [4.69, 9.17) is 9.47 Å². The second-order valence-electron chi connectivity index (χ2n) is 7.01. The summed E-state index contributed by atoms with van der Waals surface area (Å²) in [6, 6.07) is 3.59. The number of piperidine rings is 1. The largest absolute Gasteiger partial charge is 0.489 e. The summed E-state index contributed by atoms with van der Waals surface area (Å²) in [5.41, 5.74) is 2.09. The Bertz CT molecular complexity index is 1000. The third-order valence-electron chi connectivity index (χ3n) is 5.25. The summed E-state index contributed by atoms with van der Waals surface area (Å²) in [5, 5.41) is 11.9. The van der Waals surface area contributed by atoms with Crippen molar-refractivity contribution in [2.45, 2.75) is 39.2 Å². The number of hydrogen-bond donors (Lipinski definition) is 0. The molecular weight excluding hydrogens is 382 g/mol. The van der Waals surface area contributed by atoms with Crippen LogP contribution in [-0.2, 0) is 0 Å². The van der Waals surface area contributed by atoms with Gasteiger partial charge in [-0.3, -0.25) is 0 Å². The number of aromatic nitrogens is 5. The highest BCUT2D eigenvalue weighted by atomic mass is 19.3. The first-order valence-corrected chi connectivity index (χ1v) is 9.40. The number of alkyl halides is 2. The van der Waals surface area contributed by atoms with Crippen molar-refractivity contribution in [2.75, 3.05) is 25.1 Å². The van der Waals surface area contributed by atoms with Gasteiger partial charge < -0.3 is 14.4 Å². The summed E-state index contributed by atoms with van der Waals surface area (Å²) in [5.74, 6) is 1.48. The molecule has 0 N–H and O–H groups in total. The fourth-order valence-corrected chi connectivity index (χ4v) is 3.50. The monoisotopic (exact) mass is 404 g/mol. The van der Waals surface area contributed by atoms with E-state index in [-0.39, 0.29) is 6.10 Å². The molecule has 0 aromatic carbocycles. The minimum atomic E-state index is -2.73. The van der Waals surface area contributed by atoms with Gasteiger partial charge in [0.05, 0.1) is 13.3 Å². The summed E-state index contributed by atoms with van der Waals surface area (Å²) >= 11 is 0. The molecule has 29 heavy (non-hydrogen) atoms. The Morgan fingerprint density at radius 1 is 1.10 bits per heavy atom. The minimum Gasteiger partial charge on any atom is -0.489 e. The maximum Gasteiger partial charge on any atom is 0.299 e. The molecule has 1 aliphatic rings. The highest BCUT2D eigenvalue weighted by Gasteiger charge is 2.26. The molecule has 8 nitrogen and oxygen atoms in total. The number of nitrogens with zero attached hydrogens (tertiary/aromatic N) is 6. The maximum atomic E-state index is 13.2. The van der Waals surface area contributed by atoms with Crippen molar-refractivity contribution in [3.8, 4) is 11.6 Å². The van der Waals surface area contributed by atoms with E-state index >= 15 is 0 Å². The molecular formula is C19H22F2N6O2. The second-order valence-corrected chi connectivity index (χ2v) is 7.01. The van der Waals surface area contributed by atoms with Crippen molar-refractivity contribution in [1.29, 1.82) is 0 Å². The molecule has 0 spiro atoms. The van der Waals surface area contributed by atoms with Gasteiger partial charge in [0.15, 0.2) is 11.5 Å². The zero-order valence-electron chi connectivity index (χ0n) is 16.5. The molecule has 4 rings (SSSR count). The van der Waals surface area contributed by atoms with E-state index < -0.39 is 12.2 Å². The van der Waals surface area contributed by atoms with Gasteiger partial charge in [-0.15, -0.1) is 15.3 Å². The van der Waals surface area contributed by atoms with Crippen LogP contribution in [0.4, 0.5) is 14.6 Å². The standard InChI is InChI=1S/C19H22F2N6O2/c1-11-12(2)18(25-27-17(11)23-24-19(27)16(20)21)26-8-6-13(7-9-26)29-14-4-5-15(28-3)22-10-14/h4-5,10,13,16H,6-9H2,1-3H3. The van der Waals surface area contributed by atoms with Crippen LogP contribution >= 0.6 is 0 Å². The lowest BCUT2D eigenvalue weighted by Gasteiger charge is -2.33. The normalized spacial score (nSPS) is 15.3. The fraction of sp³-hybridized carbons (Fsp3) is 0.474. The number of aryl methyl sites for hydroxylation is 1. The van der Waals surface area contributed by atoms with E-state index in [2.05, 4.69) is 25.2 Å². The molecule has 0 unspecified atom stereocenters. The van der Waals surface area contributed by atoms with Gasteiger partial charge in [0.1, 0.15) is 11.9 Å². The summed E-state index contributed by atoms with van der Waals surface area (Å²) in [6.45, 7) is 5.20. The van der Waals surface area contributed by atoms with Crippen LogP contribution in [0.25, 0.3) is 5.65 Å². The van der Waals surface area contributed by atoms with Gasteiger partial charge in [-0.05, 0) is 19.9 Å².